The van der Waals surface area contributed by atoms with Crippen LogP contribution in [0.1, 0.15) is 0 Å². The Hall–Kier alpha value is -3.15. The summed E-state index contributed by atoms with van der Waals surface area (Å²) >= 11 is 0. The molecule has 6 heteroatoms. The van der Waals surface area contributed by atoms with Gasteiger partial charge >= 0.3 is 0 Å². The first-order valence-corrected chi connectivity index (χ1v) is 6.90. The minimum Gasteiger partial charge on any atom is -0.497 e. The van der Waals surface area contributed by atoms with Gasteiger partial charge in [-0.15, -0.1) is 0 Å². The molecule has 23 heavy (non-hydrogen) atoms. The average Bonchev–Trinajstić information content (AvgIpc) is 2.60. The fourth-order valence-corrected chi connectivity index (χ4v) is 2.47. The molecular formula is C17H14N2O4. The molecule has 0 radical (unpaired) electrons. The van der Waals surface area contributed by atoms with Crippen molar-refractivity contribution in [3.05, 3.63) is 58.6 Å². The fraction of sp³-hybridized carbons (Fsp3) is 0.118. The summed E-state index contributed by atoms with van der Waals surface area (Å²) < 4.78 is 10.5. The number of nitro benzene ring substituents is 1. The van der Waals surface area contributed by atoms with Gasteiger partial charge in [0.15, 0.2) is 0 Å². The van der Waals surface area contributed by atoms with Crippen LogP contribution in [0.2, 0.25) is 0 Å². The fourth-order valence-electron chi connectivity index (χ4n) is 2.47. The second-order valence-electron chi connectivity index (χ2n) is 4.88. The molecule has 0 aliphatic heterocycles. The Balaban J connectivity index is 2.29. The van der Waals surface area contributed by atoms with Crippen LogP contribution in [0.25, 0.3) is 22.0 Å². The Morgan fingerprint density at radius 3 is 2.48 bits per heavy atom. The van der Waals surface area contributed by atoms with Gasteiger partial charge in [0.1, 0.15) is 5.75 Å². The molecule has 0 spiro atoms. The van der Waals surface area contributed by atoms with E-state index in [4.69, 9.17) is 9.47 Å². The second-order valence-corrected chi connectivity index (χ2v) is 4.88. The quantitative estimate of drug-likeness (QED) is 0.541. The van der Waals surface area contributed by atoms with Crippen molar-refractivity contribution in [1.29, 1.82) is 0 Å². The van der Waals surface area contributed by atoms with Gasteiger partial charge in [-0.2, -0.15) is 0 Å². The molecule has 116 valence electrons. The van der Waals surface area contributed by atoms with E-state index in [1.165, 1.54) is 13.2 Å². The van der Waals surface area contributed by atoms with Gasteiger partial charge in [0.2, 0.25) is 5.88 Å². The summed E-state index contributed by atoms with van der Waals surface area (Å²) in [6.07, 6.45) is 0. The minimum atomic E-state index is -0.406. The molecule has 0 unspecified atom stereocenters. The first-order valence-electron chi connectivity index (χ1n) is 6.90. The van der Waals surface area contributed by atoms with Crippen LogP contribution in [-0.4, -0.2) is 24.1 Å². The molecule has 0 fully saturated rings. The molecule has 6 nitrogen and oxygen atoms in total. The van der Waals surface area contributed by atoms with Gasteiger partial charge in [-0.05, 0) is 24.3 Å². The lowest BCUT2D eigenvalue weighted by atomic mass is 10.1. The number of hydrogen-bond donors (Lipinski definition) is 0. The lowest BCUT2D eigenvalue weighted by molar-refractivity contribution is -0.383. The zero-order chi connectivity index (χ0) is 16.4. The molecule has 0 N–H and O–H groups in total. The van der Waals surface area contributed by atoms with Crippen LogP contribution in [0.4, 0.5) is 5.69 Å². The highest BCUT2D eigenvalue weighted by atomic mass is 16.6. The second kappa shape index (κ2) is 5.92. The summed E-state index contributed by atoms with van der Waals surface area (Å²) in [5.41, 5.74) is 1.40. The van der Waals surface area contributed by atoms with E-state index in [0.29, 0.717) is 28.1 Å². The zero-order valence-electron chi connectivity index (χ0n) is 12.6. The van der Waals surface area contributed by atoms with Crippen LogP contribution in [0.5, 0.6) is 11.6 Å². The minimum absolute atomic E-state index is 0.0207. The Morgan fingerprint density at radius 1 is 1.00 bits per heavy atom. The highest BCUT2D eigenvalue weighted by molar-refractivity contribution is 5.96. The lowest BCUT2D eigenvalue weighted by Gasteiger charge is -2.09. The topological polar surface area (TPSA) is 74.5 Å². The van der Waals surface area contributed by atoms with Crippen LogP contribution in [0.15, 0.2) is 48.5 Å². The van der Waals surface area contributed by atoms with Gasteiger partial charge in [0.25, 0.3) is 5.69 Å². The van der Waals surface area contributed by atoms with E-state index in [-0.39, 0.29) is 5.69 Å². The normalized spacial score (nSPS) is 10.5. The van der Waals surface area contributed by atoms with E-state index in [2.05, 4.69) is 4.98 Å². The number of ether oxygens (including phenoxy) is 2. The first-order chi connectivity index (χ1) is 11.1. The van der Waals surface area contributed by atoms with Crippen molar-refractivity contribution < 1.29 is 14.4 Å². The highest BCUT2D eigenvalue weighted by Gasteiger charge is 2.17. The predicted molar refractivity (Wildman–Crippen MR) is 86.9 cm³/mol. The number of hydrogen-bond acceptors (Lipinski definition) is 5. The number of benzene rings is 2. The molecule has 2 aromatic carbocycles. The van der Waals surface area contributed by atoms with E-state index >= 15 is 0 Å². The van der Waals surface area contributed by atoms with Gasteiger partial charge in [0.05, 0.1) is 35.6 Å². The highest BCUT2D eigenvalue weighted by Crippen LogP contribution is 2.34. The van der Waals surface area contributed by atoms with Gasteiger partial charge in [-0.25, -0.2) is 4.98 Å². The Labute approximate surface area is 132 Å². The number of methoxy groups -OCH3 is 2. The van der Waals surface area contributed by atoms with Crippen molar-refractivity contribution in [1.82, 2.24) is 4.98 Å². The number of nitro groups is 1. The van der Waals surface area contributed by atoms with Crippen LogP contribution < -0.4 is 9.47 Å². The molecule has 0 saturated heterocycles. The Morgan fingerprint density at radius 2 is 1.78 bits per heavy atom. The Kier molecular flexibility index (Phi) is 3.80. The summed E-state index contributed by atoms with van der Waals surface area (Å²) in [5.74, 6) is 1.04. The third kappa shape index (κ3) is 2.66. The van der Waals surface area contributed by atoms with Crippen molar-refractivity contribution in [2.24, 2.45) is 0 Å². The average molecular weight is 310 g/mol. The molecule has 0 aliphatic rings. The van der Waals surface area contributed by atoms with Crippen molar-refractivity contribution >= 4 is 16.5 Å². The van der Waals surface area contributed by atoms with E-state index in [1.807, 2.05) is 24.3 Å². The molecule has 1 aromatic heterocycles. The summed E-state index contributed by atoms with van der Waals surface area (Å²) in [7, 11) is 3.08. The van der Waals surface area contributed by atoms with Gasteiger partial charge in [-0.3, -0.25) is 10.1 Å². The van der Waals surface area contributed by atoms with Crippen molar-refractivity contribution in [3.63, 3.8) is 0 Å². The molecule has 0 amide bonds. The summed E-state index contributed by atoms with van der Waals surface area (Å²) in [6, 6.07) is 13.9. The van der Waals surface area contributed by atoms with Crippen LogP contribution in [0.3, 0.4) is 0 Å². The summed E-state index contributed by atoms with van der Waals surface area (Å²) in [6.45, 7) is 0. The standard InChI is InChI=1S/C17H14N2O4/c1-22-12-6-3-5-11(9-12)15-10-14-13(17(18-15)23-2)7-4-8-16(14)19(20)21/h3-10H,1-2H3. The maximum absolute atomic E-state index is 11.3. The molecule has 0 atom stereocenters. The monoisotopic (exact) mass is 310 g/mol. The maximum Gasteiger partial charge on any atom is 0.277 e. The molecular weight excluding hydrogens is 296 g/mol. The van der Waals surface area contributed by atoms with Crippen LogP contribution in [0, 0.1) is 10.1 Å². The molecule has 3 aromatic rings. The van der Waals surface area contributed by atoms with Gasteiger partial charge in [-0.1, -0.05) is 18.2 Å². The number of pyridine rings is 1. The van der Waals surface area contributed by atoms with E-state index in [9.17, 15) is 10.1 Å². The van der Waals surface area contributed by atoms with Gasteiger partial charge < -0.3 is 9.47 Å². The molecule has 0 aliphatic carbocycles. The summed E-state index contributed by atoms with van der Waals surface area (Å²) in [4.78, 5) is 15.3. The third-order valence-electron chi connectivity index (χ3n) is 3.57. The number of non-ortho nitro benzene ring substituents is 1. The van der Waals surface area contributed by atoms with Crippen molar-refractivity contribution in [3.8, 4) is 22.9 Å². The van der Waals surface area contributed by atoms with Crippen LogP contribution >= 0.6 is 0 Å². The number of rotatable bonds is 4. The van der Waals surface area contributed by atoms with Crippen molar-refractivity contribution in [2.75, 3.05) is 14.2 Å². The van der Waals surface area contributed by atoms with Crippen molar-refractivity contribution in [2.45, 2.75) is 0 Å². The largest absolute Gasteiger partial charge is 0.497 e. The molecule has 1 heterocycles. The SMILES string of the molecule is COc1cccc(-c2cc3c([N+](=O)[O-])cccc3c(OC)n2)c1. The Bertz CT molecular complexity index is 893. The lowest BCUT2D eigenvalue weighted by Crippen LogP contribution is -1.96. The van der Waals surface area contributed by atoms with E-state index in [1.54, 1.807) is 25.3 Å². The summed E-state index contributed by atoms with van der Waals surface area (Å²) in [5, 5.41) is 12.4. The number of nitrogens with zero attached hydrogens (tertiary/aromatic N) is 2. The van der Waals surface area contributed by atoms with Gasteiger partial charge in [0, 0.05) is 11.6 Å². The molecule has 0 bridgehead atoms. The molecule has 3 rings (SSSR count). The third-order valence-corrected chi connectivity index (χ3v) is 3.57. The smallest absolute Gasteiger partial charge is 0.277 e. The van der Waals surface area contributed by atoms with E-state index in [0.717, 1.165) is 5.56 Å². The maximum atomic E-state index is 11.3. The first kappa shape index (κ1) is 14.8. The number of aromatic nitrogens is 1. The van der Waals surface area contributed by atoms with Crippen LogP contribution in [-0.2, 0) is 0 Å². The predicted octanol–water partition coefficient (Wildman–Crippen LogP) is 3.83. The zero-order valence-corrected chi connectivity index (χ0v) is 12.6. The van der Waals surface area contributed by atoms with E-state index < -0.39 is 4.92 Å². The number of fused-ring (bicyclic) bond motifs is 1. The molecule has 0 saturated carbocycles.